The minimum Gasteiger partial charge on any atom is -0.446 e. The largest absolute Gasteiger partial charge is 0.446 e. The maximum atomic E-state index is 13.4. The Morgan fingerprint density at radius 3 is 2.48 bits per heavy atom. The molecule has 1 aliphatic carbocycles. The average molecular weight is 370 g/mol. The molecule has 1 saturated heterocycles. The van der Waals surface area contributed by atoms with E-state index in [4.69, 9.17) is 4.74 Å². The van der Waals surface area contributed by atoms with Gasteiger partial charge in [0.1, 0.15) is 6.10 Å². The molecule has 2 aliphatic heterocycles. The lowest BCUT2D eigenvalue weighted by molar-refractivity contribution is -0.145. The van der Waals surface area contributed by atoms with Crippen LogP contribution in [0.1, 0.15) is 56.6 Å². The van der Waals surface area contributed by atoms with Crippen LogP contribution in [0.4, 0.5) is 4.79 Å². The van der Waals surface area contributed by atoms with Crippen LogP contribution in [0, 0.1) is 5.41 Å². The number of likely N-dealkylation sites (tertiary alicyclic amines) is 1. The molecule has 0 atom stereocenters. The van der Waals surface area contributed by atoms with E-state index >= 15 is 0 Å². The Balaban J connectivity index is 1.48. The summed E-state index contributed by atoms with van der Waals surface area (Å²) in [5, 5.41) is 0. The van der Waals surface area contributed by atoms with Crippen molar-refractivity contribution in [3.05, 3.63) is 35.4 Å². The molecule has 5 nitrogen and oxygen atoms in total. The van der Waals surface area contributed by atoms with Crippen LogP contribution in [0.5, 0.6) is 0 Å². The molecule has 2 heterocycles. The van der Waals surface area contributed by atoms with Crippen molar-refractivity contribution in [2.75, 3.05) is 19.6 Å². The number of benzene rings is 1. The van der Waals surface area contributed by atoms with E-state index in [0.29, 0.717) is 19.6 Å². The SMILES string of the molecule is CCN1Cc2ccccc2CC2(CCN(C(=O)OC3CCCC3)CC2)C1=O. The predicted molar refractivity (Wildman–Crippen MR) is 103 cm³/mol. The first-order chi connectivity index (χ1) is 13.1. The van der Waals surface area contributed by atoms with Gasteiger partial charge in [0, 0.05) is 26.2 Å². The Morgan fingerprint density at radius 2 is 1.81 bits per heavy atom. The van der Waals surface area contributed by atoms with Gasteiger partial charge >= 0.3 is 6.09 Å². The summed E-state index contributed by atoms with van der Waals surface area (Å²) in [5.74, 6) is 0.255. The zero-order valence-corrected chi connectivity index (χ0v) is 16.3. The highest BCUT2D eigenvalue weighted by atomic mass is 16.6. The molecule has 5 heteroatoms. The highest BCUT2D eigenvalue weighted by Crippen LogP contribution is 2.40. The predicted octanol–water partition coefficient (Wildman–Crippen LogP) is 3.75. The van der Waals surface area contributed by atoms with Gasteiger partial charge in [-0.25, -0.2) is 4.79 Å². The van der Waals surface area contributed by atoms with E-state index in [0.717, 1.165) is 51.5 Å². The summed E-state index contributed by atoms with van der Waals surface area (Å²) in [6, 6.07) is 8.41. The number of rotatable bonds is 2. The van der Waals surface area contributed by atoms with Crippen LogP contribution in [0.25, 0.3) is 0 Å². The minimum atomic E-state index is -0.382. The number of carbonyl (C=O) groups excluding carboxylic acids is 2. The van der Waals surface area contributed by atoms with Crippen molar-refractivity contribution >= 4 is 12.0 Å². The molecular formula is C22H30N2O3. The molecule has 4 rings (SSSR count). The monoisotopic (exact) mass is 370 g/mol. The third-order valence-corrected chi connectivity index (χ3v) is 6.68. The van der Waals surface area contributed by atoms with Crippen LogP contribution >= 0.6 is 0 Å². The smallest absolute Gasteiger partial charge is 0.410 e. The average Bonchev–Trinajstić information content (AvgIpc) is 3.16. The highest BCUT2D eigenvalue weighted by molar-refractivity contribution is 5.84. The van der Waals surface area contributed by atoms with Crippen LogP contribution in [0.2, 0.25) is 0 Å². The van der Waals surface area contributed by atoms with Gasteiger partial charge < -0.3 is 14.5 Å². The van der Waals surface area contributed by atoms with Gasteiger partial charge in [0.25, 0.3) is 0 Å². The fourth-order valence-corrected chi connectivity index (χ4v) is 4.92. The first-order valence-corrected chi connectivity index (χ1v) is 10.4. The van der Waals surface area contributed by atoms with Gasteiger partial charge in [0.15, 0.2) is 0 Å². The third-order valence-electron chi connectivity index (χ3n) is 6.68. The minimum absolute atomic E-state index is 0.0929. The van der Waals surface area contributed by atoms with Gasteiger partial charge in [0.2, 0.25) is 5.91 Å². The van der Waals surface area contributed by atoms with Crippen molar-refractivity contribution in [2.24, 2.45) is 5.41 Å². The van der Waals surface area contributed by atoms with Gasteiger partial charge in [-0.15, -0.1) is 0 Å². The summed E-state index contributed by atoms with van der Waals surface area (Å²) < 4.78 is 5.67. The van der Waals surface area contributed by atoms with Crippen molar-refractivity contribution in [1.82, 2.24) is 9.80 Å². The molecule has 0 N–H and O–H groups in total. The van der Waals surface area contributed by atoms with E-state index < -0.39 is 0 Å². The van der Waals surface area contributed by atoms with Gasteiger partial charge in [0.05, 0.1) is 5.41 Å². The molecule has 0 radical (unpaired) electrons. The Morgan fingerprint density at radius 1 is 1.15 bits per heavy atom. The van der Waals surface area contributed by atoms with E-state index in [2.05, 4.69) is 24.3 Å². The lowest BCUT2D eigenvalue weighted by Gasteiger charge is -2.41. The first kappa shape index (κ1) is 18.3. The molecule has 1 aromatic rings. The lowest BCUT2D eigenvalue weighted by atomic mass is 9.73. The Bertz CT molecular complexity index is 703. The van der Waals surface area contributed by atoms with Gasteiger partial charge in [-0.2, -0.15) is 0 Å². The van der Waals surface area contributed by atoms with Crippen LogP contribution in [-0.2, 0) is 22.5 Å². The van der Waals surface area contributed by atoms with Gasteiger partial charge in [-0.3, -0.25) is 4.79 Å². The third kappa shape index (κ3) is 3.56. The second-order valence-corrected chi connectivity index (χ2v) is 8.32. The molecule has 1 aromatic carbocycles. The number of hydrogen-bond acceptors (Lipinski definition) is 3. The normalized spacial score (nSPS) is 22.6. The van der Waals surface area contributed by atoms with E-state index in [1.54, 1.807) is 0 Å². The second kappa shape index (κ2) is 7.53. The molecule has 2 amide bonds. The Labute approximate surface area is 161 Å². The number of hydrogen-bond donors (Lipinski definition) is 0. The van der Waals surface area contributed by atoms with Crippen molar-refractivity contribution in [3.8, 4) is 0 Å². The van der Waals surface area contributed by atoms with Crippen LogP contribution in [0.3, 0.4) is 0 Å². The van der Waals surface area contributed by atoms with E-state index in [9.17, 15) is 9.59 Å². The quantitative estimate of drug-likeness (QED) is 0.797. The molecule has 0 aromatic heterocycles. The second-order valence-electron chi connectivity index (χ2n) is 8.32. The molecular weight excluding hydrogens is 340 g/mol. The summed E-state index contributed by atoms with van der Waals surface area (Å²) >= 11 is 0. The summed E-state index contributed by atoms with van der Waals surface area (Å²) in [6.07, 6.45) is 6.41. The molecule has 1 spiro atoms. The Kier molecular flexibility index (Phi) is 5.11. The zero-order valence-electron chi connectivity index (χ0n) is 16.3. The molecule has 27 heavy (non-hydrogen) atoms. The van der Waals surface area contributed by atoms with E-state index in [1.165, 1.54) is 11.1 Å². The first-order valence-electron chi connectivity index (χ1n) is 10.4. The molecule has 3 aliphatic rings. The lowest BCUT2D eigenvalue weighted by Crippen LogP contribution is -2.51. The number of ether oxygens (including phenoxy) is 1. The maximum Gasteiger partial charge on any atom is 0.410 e. The summed E-state index contributed by atoms with van der Waals surface area (Å²) in [4.78, 5) is 29.7. The Hall–Kier alpha value is -2.04. The number of amides is 2. The molecule has 1 saturated carbocycles. The van der Waals surface area contributed by atoms with E-state index in [1.807, 2.05) is 16.7 Å². The fraction of sp³-hybridized carbons (Fsp3) is 0.636. The highest BCUT2D eigenvalue weighted by Gasteiger charge is 2.46. The zero-order chi connectivity index (χ0) is 18.9. The summed E-state index contributed by atoms with van der Waals surface area (Å²) in [6.45, 7) is 4.69. The van der Waals surface area contributed by atoms with E-state index in [-0.39, 0.29) is 23.5 Å². The van der Waals surface area contributed by atoms with Crippen LogP contribution in [0.15, 0.2) is 24.3 Å². The van der Waals surface area contributed by atoms with Crippen LogP contribution < -0.4 is 0 Å². The number of piperidine rings is 1. The summed E-state index contributed by atoms with van der Waals surface area (Å²) in [5.41, 5.74) is 2.16. The molecule has 0 unspecified atom stereocenters. The summed E-state index contributed by atoms with van der Waals surface area (Å²) in [7, 11) is 0. The topological polar surface area (TPSA) is 49.9 Å². The van der Waals surface area contributed by atoms with Crippen molar-refractivity contribution in [1.29, 1.82) is 0 Å². The molecule has 146 valence electrons. The molecule has 2 fully saturated rings. The molecule has 0 bridgehead atoms. The van der Waals surface area contributed by atoms with Gasteiger partial charge in [-0.1, -0.05) is 24.3 Å². The van der Waals surface area contributed by atoms with Crippen LogP contribution in [-0.4, -0.2) is 47.5 Å². The van der Waals surface area contributed by atoms with Crippen molar-refractivity contribution in [2.45, 2.75) is 64.5 Å². The van der Waals surface area contributed by atoms with Gasteiger partial charge in [-0.05, 0) is 63.0 Å². The fourth-order valence-electron chi connectivity index (χ4n) is 4.92. The number of fused-ring (bicyclic) bond motifs is 1. The standard InChI is InChI=1S/C22H30N2O3/c1-2-23-16-18-8-4-3-7-17(18)15-22(20(23)25)11-13-24(14-12-22)21(26)27-19-9-5-6-10-19/h3-4,7-8,19H,2,5-6,9-16H2,1H3. The maximum absolute atomic E-state index is 13.4. The van der Waals surface area contributed by atoms with Crippen molar-refractivity contribution < 1.29 is 14.3 Å². The number of nitrogens with zero attached hydrogens (tertiary/aromatic N) is 2. The van der Waals surface area contributed by atoms with Crippen molar-refractivity contribution in [3.63, 3.8) is 0 Å². The number of carbonyl (C=O) groups is 2.